The van der Waals surface area contributed by atoms with Gasteiger partial charge in [-0.2, -0.15) is 0 Å². The fraction of sp³-hybridized carbons (Fsp3) is 0.125. The molecule has 0 radical (unpaired) electrons. The van der Waals surface area contributed by atoms with Gasteiger partial charge < -0.3 is 11.1 Å². The number of rotatable bonds is 5. The third kappa shape index (κ3) is 4.36. The van der Waals surface area contributed by atoms with Gasteiger partial charge in [0.25, 0.3) is 0 Å². The Hall–Kier alpha value is -2.27. The molecule has 0 aliphatic heterocycles. The molecule has 2 rings (SSSR count). The van der Waals surface area contributed by atoms with Crippen LogP contribution in [0.3, 0.4) is 0 Å². The molecule has 4 nitrogen and oxygen atoms in total. The van der Waals surface area contributed by atoms with Crippen LogP contribution in [0.2, 0.25) is 0 Å². The van der Waals surface area contributed by atoms with Gasteiger partial charge in [-0.1, -0.05) is 12.1 Å². The summed E-state index contributed by atoms with van der Waals surface area (Å²) in [6.45, 7) is 1.51. The molecule has 3 N–H and O–H groups in total. The van der Waals surface area contributed by atoms with E-state index in [0.29, 0.717) is 16.9 Å². The van der Waals surface area contributed by atoms with Crippen molar-refractivity contribution in [2.45, 2.75) is 11.8 Å². The van der Waals surface area contributed by atoms with E-state index in [1.54, 1.807) is 30.3 Å². The lowest BCUT2D eigenvalue weighted by atomic mass is 10.1. The monoisotopic (exact) mass is 300 g/mol. The zero-order valence-electron chi connectivity index (χ0n) is 11.6. The van der Waals surface area contributed by atoms with Crippen LogP contribution >= 0.6 is 11.8 Å². The summed E-state index contributed by atoms with van der Waals surface area (Å²) in [5.41, 5.74) is 7.78. The smallest absolute Gasteiger partial charge is 0.234 e. The number of thioether (sulfide) groups is 1. The number of ketones is 1. The summed E-state index contributed by atoms with van der Waals surface area (Å²) < 4.78 is 0. The number of benzene rings is 2. The Morgan fingerprint density at radius 1 is 1.10 bits per heavy atom. The fourth-order valence-corrected chi connectivity index (χ4v) is 2.51. The van der Waals surface area contributed by atoms with Crippen molar-refractivity contribution in [1.82, 2.24) is 0 Å². The standard InChI is InChI=1S/C16H16N2O2S/c1-11(19)12-6-8-13(9-7-12)18-16(20)10-21-15-5-3-2-4-14(15)17/h2-9H,10,17H2,1H3,(H,18,20). The summed E-state index contributed by atoms with van der Waals surface area (Å²) in [4.78, 5) is 23.9. The average molecular weight is 300 g/mol. The summed E-state index contributed by atoms with van der Waals surface area (Å²) in [6, 6.07) is 14.3. The number of hydrogen-bond acceptors (Lipinski definition) is 4. The molecule has 21 heavy (non-hydrogen) atoms. The minimum Gasteiger partial charge on any atom is -0.398 e. The van der Waals surface area contributed by atoms with Crippen molar-refractivity contribution in [1.29, 1.82) is 0 Å². The Labute approximate surface area is 127 Å². The molecule has 0 atom stereocenters. The Morgan fingerprint density at radius 3 is 2.38 bits per heavy atom. The second-order valence-corrected chi connectivity index (χ2v) is 5.53. The number of anilines is 2. The summed E-state index contributed by atoms with van der Waals surface area (Å²) in [7, 11) is 0. The molecule has 0 unspecified atom stereocenters. The van der Waals surface area contributed by atoms with Gasteiger partial charge in [0.1, 0.15) is 0 Å². The zero-order chi connectivity index (χ0) is 15.2. The predicted molar refractivity (Wildman–Crippen MR) is 86.7 cm³/mol. The lowest BCUT2D eigenvalue weighted by Gasteiger charge is -2.07. The van der Waals surface area contributed by atoms with E-state index in [1.807, 2.05) is 18.2 Å². The van der Waals surface area contributed by atoms with Gasteiger partial charge in [-0.05, 0) is 43.3 Å². The van der Waals surface area contributed by atoms with Crippen LogP contribution in [-0.2, 0) is 4.79 Å². The average Bonchev–Trinajstić information content (AvgIpc) is 2.47. The molecule has 1 amide bonds. The first-order valence-electron chi connectivity index (χ1n) is 6.44. The maximum Gasteiger partial charge on any atom is 0.234 e. The van der Waals surface area contributed by atoms with Crippen LogP contribution in [0.1, 0.15) is 17.3 Å². The van der Waals surface area contributed by atoms with Gasteiger partial charge in [-0.3, -0.25) is 9.59 Å². The highest BCUT2D eigenvalue weighted by Gasteiger charge is 2.06. The van der Waals surface area contributed by atoms with Crippen LogP contribution in [0.15, 0.2) is 53.4 Å². The van der Waals surface area contributed by atoms with E-state index in [2.05, 4.69) is 5.32 Å². The van der Waals surface area contributed by atoms with Gasteiger partial charge in [0.05, 0.1) is 5.75 Å². The summed E-state index contributed by atoms with van der Waals surface area (Å²) in [6.07, 6.45) is 0. The Kier molecular flexibility index (Phi) is 5.00. The molecular weight excluding hydrogens is 284 g/mol. The Balaban J connectivity index is 1.90. The second kappa shape index (κ2) is 6.95. The third-order valence-corrected chi connectivity index (χ3v) is 3.94. The van der Waals surface area contributed by atoms with Gasteiger partial charge in [-0.25, -0.2) is 0 Å². The number of carbonyl (C=O) groups is 2. The quantitative estimate of drug-likeness (QED) is 0.505. The van der Waals surface area contributed by atoms with Crippen LogP contribution in [0, 0.1) is 0 Å². The first-order valence-corrected chi connectivity index (χ1v) is 7.43. The Morgan fingerprint density at radius 2 is 1.76 bits per heavy atom. The van der Waals surface area contributed by atoms with E-state index in [0.717, 1.165) is 4.90 Å². The molecule has 0 aliphatic rings. The van der Waals surface area contributed by atoms with Gasteiger partial charge in [0.2, 0.25) is 5.91 Å². The molecule has 5 heteroatoms. The van der Waals surface area contributed by atoms with Crippen molar-refractivity contribution in [3.63, 3.8) is 0 Å². The first-order chi connectivity index (χ1) is 10.1. The molecule has 0 fully saturated rings. The molecule has 2 aromatic rings. The molecule has 0 saturated heterocycles. The number of nitrogen functional groups attached to an aromatic ring is 1. The number of nitrogens with two attached hydrogens (primary N) is 1. The minimum absolute atomic E-state index is 0.00276. The largest absolute Gasteiger partial charge is 0.398 e. The molecule has 0 saturated carbocycles. The minimum atomic E-state index is -0.112. The van der Waals surface area contributed by atoms with Gasteiger partial charge in [0, 0.05) is 21.8 Å². The first kappa shape index (κ1) is 15.1. The zero-order valence-corrected chi connectivity index (χ0v) is 12.4. The van der Waals surface area contributed by atoms with Crippen LogP contribution in [0.5, 0.6) is 0 Å². The molecule has 2 aromatic carbocycles. The van der Waals surface area contributed by atoms with Crippen molar-refractivity contribution < 1.29 is 9.59 Å². The van der Waals surface area contributed by atoms with Crippen molar-refractivity contribution in [3.05, 3.63) is 54.1 Å². The maximum absolute atomic E-state index is 11.9. The van der Waals surface area contributed by atoms with Crippen molar-refractivity contribution in [2.75, 3.05) is 16.8 Å². The predicted octanol–water partition coefficient (Wildman–Crippen LogP) is 3.20. The summed E-state index contributed by atoms with van der Waals surface area (Å²) >= 11 is 1.39. The van der Waals surface area contributed by atoms with Crippen LogP contribution in [0.4, 0.5) is 11.4 Å². The fourth-order valence-electron chi connectivity index (χ4n) is 1.74. The van der Waals surface area contributed by atoms with Gasteiger partial charge in [-0.15, -0.1) is 11.8 Å². The number of amides is 1. The number of hydrogen-bond donors (Lipinski definition) is 2. The molecular formula is C16H16N2O2S. The molecule has 108 valence electrons. The maximum atomic E-state index is 11.9. The summed E-state index contributed by atoms with van der Waals surface area (Å²) in [5, 5.41) is 2.79. The molecule has 0 aromatic heterocycles. The van der Waals surface area contributed by atoms with E-state index in [1.165, 1.54) is 18.7 Å². The summed E-state index contributed by atoms with van der Waals surface area (Å²) in [5.74, 6) is 0.171. The Bertz CT molecular complexity index is 654. The van der Waals surface area contributed by atoms with Crippen LogP contribution < -0.4 is 11.1 Å². The van der Waals surface area contributed by atoms with E-state index >= 15 is 0 Å². The van der Waals surface area contributed by atoms with Crippen LogP contribution in [0.25, 0.3) is 0 Å². The van der Waals surface area contributed by atoms with E-state index in [-0.39, 0.29) is 17.4 Å². The van der Waals surface area contributed by atoms with E-state index in [9.17, 15) is 9.59 Å². The molecule has 0 bridgehead atoms. The highest BCUT2D eigenvalue weighted by Crippen LogP contribution is 2.24. The number of Topliss-reactive ketones (excluding diaryl/α,β-unsaturated/α-hetero) is 1. The third-order valence-electron chi connectivity index (χ3n) is 2.85. The molecule has 0 aliphatic carbocycles. The topological polar surface area (TPSA) is 72.2 Å². The van der Waals surface area contributed by atoms with Gasteiger partial charge in [0.15, 0.2) is 5.78 Å². The highest BCUT2D eigenvalue weighted by molar-refractivity contribution is 8.00. The van der Waals surface area contributed by atoms with Crippen molar-refractivity contribution in [3.8, 4) is 0 Å². The molecule has 0 heterocycles. The van der Waals surface area contributed by atoms with Gasteiger partial charge >= 0.3 is 0 Å². The lowest BCUT2D eigenvalue weighted by Crippen LogP contribution is -2.14. The van der Waals surface area contributed by atoms with Crippen molar-refractivity contribution in [2.24, 2.45) is 0 Å². The molecule has 0 spiro atoms. The number of nitrogens with one attached hydrogen (secondary N) is 1. The normalized spacial score (nSPS) is 10.1. The van der Waals surface area contributed by atoms with Crippen molar-refractivity contribution >= 4 is 34.8 Å². The van der Waals surface area contributed by atoms with Crippen LogP contribution in [-0.4, -0.2) is 17.4 Å². The van der Waals surface area contributed by atoms with E-state index < -0.39 is 0 Å². The number of para-hydroxylation sites is 1. The van der Waals surface area contributed by atoms with E-state index in [4.69, 9.17) is 5.73 Å². The SMILES string of the molecule is CC(=O)c1ccc(NC(=O)CSc2ccccc2N)cc1. The highest BCUT2D eigenvalue weighted by atomic mass is 32.2. The second-order valence-electron chi connectivity index (χ2n) is 4.51. The lowest BCUT2D eigenvalue weighted by molar-refractivity contribution is -0.113. The number of carbonyl (C=O) groups excluding carboxylic acids is 2.